The van der Waals surface area contributed by atoms with E-state index in [-0.39, 0.29) is 0 Å². The van der Waals surface area contributed by atoms with Crippen molar-refractivity contribution in [3.8, 4) is 5.75 Å². The summed E-state index contributed by atoms with van der Waals surface area (Å²) < 4.78 is 5.97. The molecule has 1 aromatic rings. The topological polar surface area (TPSA) is 9.23 Å². The zero-order valence-electron chi connectivity index (χ0n) is 11.3. The lowest BCUT2D eigenvalue weighted by Crippen LogP contribution is -2.27. The van der Waals surface area contributed by atoms with Crippen LogP contribution in [-0.2, 0) is 6.42 Å². The minimum atomic E-state index is 0.325. The van der Waals surface area contributed by atoms with E-state index in [0.29, 0.717) is 5.41 Å². The molecule has 1 saturated carbocycles. The summed E-state index contributed by atoms with van der Waals surface area (Å²) in [7, 11) is 0. The highest BCUT2D eigenvalue weighted by Crippen LogP contribution is 2.39. The predicted molar refractivity (Wildman–Crippen MR) is 80.7 cm³/mol. The Morgan fingerprint density at radius 3 is 2.39 bits per heavy atom. The minimum Gasteiger partial charge on any atom is -0.493 e. The van der Waals surface area contributed by atoms with Gasteiger partial charge >= 0.3 is 0 Å². The summed E-state index contributed by atoms with van der Waals surface area (Å²) in [6.07, 6.45) is 7.55. The van der Waals surface area contributed by atoms with Gasteiger partial charge < -0.3 is 4.74 Å². The van der Waals surface area contributed by atoms with E-state index in [4.69, 9.17) is 4.74 Å². The zero-order chi connectivity index (χ0) is 12.8. The largest absolute Gasteiger partial charge is 0.493 e. The Bertz CT molecular complexity index is 352. The van der Waals surface area contributed by atoms with Gasteiger partial charge in [-0.2, -0.15) is 12.6 Å². The molecule has 0 bridgehead atoms. The Balaban J connectivity index is 1.89. The van der Waals surface area contributed by atoms with E-state index in [9.17, 15) is 0 Å². The number of hydrogen-bond donors (Lipinski definition) is 1. The van der Waals surface area contributed by atoms with Gasteiger partial charge in [-0.3, -0.25) is 0 Å². The summed E-state index contributed by atoms with van der Waals surface area (Å²) in [5.41, 5.74) is 1.72. The molecular formula is C16H24OS. The number of rotatable bonds is 6. The van der Waals surface area contributed by atoms with Crippen molar-refractivity contribution in [2.75, 3.05) is 12.4 Å². The molecule has 0 atom stereocenters. The molecular weight excluding hydrogens is 240 g/mol. The molecule has 0 N–H and O–H groups in total. The lowest BCUT2D eigenvalue weighted by atomic mass is 9.90. The maximum Gasteiger partial charge on any atom is 0.119 e. The van der Waals surface area contributed by atoms with Crippen molar-refractivity contribution in [2.24, 2.45) is 5.41 Å². The van der Waals surface area contributed by atoms with E-state index < -0.39 is 0 Å². The summed E-state index contributed by atoms with van der Waals surface area (Å²) in [4.78, 5) is 0. The van der Waals surface area contributed by atoms with Crippen LogP contribution in [0.4, 0.5) is 0 Å². The second kappa shape index (κ2) is 6.51. The van der Waals surface area contributed by atoms with Crippen molar-refractivity contribution in [3.05, 3.63) is 29.8 Å². The Morgan fingerprint density at radius 1 is 1.17 bits per heavy atom. The van der Waals surface area contributed by atoms with Crippen LogP contribution >= 0.6 is 12.6 Å². The Morgan fingerprint density at radius 2 is 1.83 bits per heavy atom. The predicted octanol–water partition coefficient (Wildman–Crippen LogP) is 4.51. The van der Waals surface area contributed by atoms with Crippen molar-refractivity contribution in [3.63, 3.8) is 0 Å². The SMILES string of the molecule is CCCc1ccc(OCC2(CS)CCCC2)cc1. The van der Waals surface area contributed by atoms with E-state index >= 15 is 0 Å². The second-order valence-corrected chi connectivity index (χ2v) is 5.86. The lowest BCUT2D eigenvalue weighted by Gasteiger charge is -2.26. The number of benzene rings is 1. The standard InChI is InChI=1S/C16H24OS/c1-2-5-14-6-8-15(9-7-14)17-12-16(13-18)10-3-4-11-16/h6-9,18H,2-5,10-13H2,1H3. The van der Waals surface area contributed by atoms with Gasteiger partial charge in [0.25, 0.3) is 0 Å². The van der Waals surface area contributed by atoms with E-state index in [1.165, 1.54) is 37.7 Å². The van der Waals surface area contributed by atoms with Crippen LogP contribution in [0, 0.1) is 5.41 Å². The van der Waals surface area contributed by atoms with Crippen molar-refractivity contribution in [2.45, 2.75) is 45.4 Å². The van der Waals surface area contributed by atoms with Crippen LogP contribution < -0.4 is 4.74 Å². The van der Waals surface area contributed by atoms with Gasteiger partial charge in [0.15, 0.2) is 0 Å². The monoisotopic (exact) mass is 264 g/mol. The Kier molecular flexibility index (Phi) is 4.99. The molecule has 0 saturated heterocycles. The van der Waals surface area contributed by atoms with E-state index in [0.717, 1.165) is 24.5 Å². The molecule has 0 unspecified atom stereocenters. The van der Waals surface area contributed by atoms with Gasteiger partial charge in [0, 0.05) is 5.41 Å². The third kappa shape index (κ3) is 3.44. The molecule has 1 fully saturated rings. The molecule has 0 amide bonds. The van der Waals surface area contributed by atoms with Gasteiger partial charge in [0.2, 0.25) is 0 Å². The van der Waals surface area contributed by atoms with Gasteiger partial charge in [-0.05, 0) is 42.7 Å². The first kappa shape index (κ1) is 13.8. The molecule has 1 nitrogen and oxygen atoms in total. The average Bonchev–Trinajstić information content (AvgIpc) is 2.88. The van der Waals surface area contributed by atoms with Crippen LogP contribution in [0.5, 0.6) is 5.75 Å². The highest BCUT2D eigenvalue weighted by atomic mass is 32.1. The summed E-state index contributed by atoms with van der Waals surface area (Å²) in [6.45, 7) is 3.03. The fourth-order valence-corrected chi connectivity index (χ4v) is 3.16. The summed E-state index contributed by atoms with van der Waals surface area (Å²) in [5, 5.41) is 0. The molecule has 1 aliphatic rings. The van der Waals surface area contributed by atoms with Crippen LogP contribution in [0.15, 0.2) is 24.3 Å². The van der Waals surface area contributed by atoms with Crippen molar-refractivity contribution < 1.29 is 4.74 Å². The molecule has 0 heterocycles. The molecule has 18 heavy (non-hydrogen) atoms. The molecule has 0 radical (unpaired) electrons. The number of ether oxygens (including phenoxy) is 1. The van der Waals surface area contributed by atoms with E-state index in [2.05, 4.69) is 43.8 Å². The van der Waals surface area contributed by atoms with Crippen LogP contribution in [0.1, 0.15) is 44.6 Å². The molecule has 100 valence electrons. The van der Waals surface area contributed by atoms with Gasteiger partial charge in [-0.25, -0.2) is 0 Å². The fraction of sp³-hybridized carbons (Fsp3) is 0.625. The third-order valence-electron chi connectivity index (χ3n) is 4.01. The number of hydrogen-bond acceptors (Lipinski definition) is 2. The first-order chi connectivity index (χ1) is 8.78. The van der Waals surface area contributed by atoms with Crippen molar-refractivity contribution in [1.29, 1.82) is 0 Å². The number of thiol groups is 1. The van der Waals surface area contributed by atoms with Crippen molar-refractivity contribution >= 4 is 12.6 Å². The maximum absolute atomic E-state index is 5.97. The first-order valence-corrected chi connectivity index (χ1v) is 7.74. The third-order valence-corrected chi connectivity index (χ3v) is 4.68. The summed E-state index contributed by atoms with van der Waals surface area (Å²) >= 11 is 4.51. The summed E-state index contributed by atoms with van der Waals surface area (Å²) in [6, 6.07) is 8.57. The first-order valence-electron chi connectivity index (χ1n) is 7.11. The highest BCUT2D eigenvalue weighted by Gasteiger charge is 2.33. The second-order valence-electron chi connectivity index (χ2n) is 5.55. The fourth-order valence-electron chi connectivity index (χ4n) is 2.75. The average molecular weight is 264 g/mol. The molecule has 2 rings (SSSR count). The van der Waals surface area contributed by atoms with Gasteiger partial charge in [0.1, 0.15) is 5.75 Å². The smallest absolute Gasteiger partial charge is 0.119 e. The van der Waals surface area contributed by atoms with Crippen LogP contribution in [-0.4, -0.2) is 12.4 Å². The van der Waals surface area contributed by atoms with Crippen LogP contribution in [0.2, 0.25) is 0 Å². The van der Waals surface area contributed by atoms with E-state index in [1.807, 2.05) is 0 Å². The van der Waals surface area contributed by atoms with Gasteiger partial charge in [-0.15, -0.1) is 0 Å². The molecule has 2 heteroatoms. The summed E-state index contributed by atoms with van der Waals surface area (Å²) in [5.74, 6) is 1.95. The highest BCUT2D eigenvalue weighted by molar-refractivity contribution is 7.80. The van der Waals surface area contributed by atoms with E-state index in [1.54, 1.807) is 0 Å². The quantitative estimate of drug-likeness (QED) is 0.744. The normalized spacial score (nSPS) is 17.9. The van der Waals surface area contributed by atoms with Crippen LogP contribution in [0.25, 0.3) is 0 Å². The van der Waals surface area contributed by atoms with Crippen LogP contribution in [0.3, 0.4) is 0 Å². The molecule has 1 aromatic carbocycles. The Labute approximate surface area is 116 Å². The minimum absolute atomic E-state index is 0.325. The lowest BCUT2D eigenvalue weighted by molar-refractivity contribution is 0.173. The maximum atomic E-state index is 5.97. The molecule has 1 aliphatic carbocycles. The van der Waals surface area contributed by atoms with Gasteiger partial charge in [0.05, 0.1) is 6.61 Å². The zero-order valence-corrected chi connectivity index (χ0v) is 12.2. The van der Waals surface area contributed by atoms with Gasteiger partial charge in [-0.1, -0.05) is 38.3 Å². The molecule has 0 aromatic heterocycles. The Hall–Kier alpha value is -0.630. The van der Waals surface area contributed by atoms with Crippen molar-refractivity contribution in [1.82, 2.24) is 0 Å². The molecule has 0 aliphatic heterocycles. The number of aryl methyl sites for hydroxylation is 1. The molecule has 0 spiro atoms.